The van der Waals surface area contributed by atoms with Crippen LogP contribution in [0.5, 0.6) is 5.75 Å². The summed E-state index contributed by atoms with van der Waals surface area (Å²) in [6.45, 7) is 4.80. The molecule has 1 saturated heterocycles. The molecule has 6 heteroatoms. The van der Waals surface area contributed by atoms with Gasteiger partial charge in [-0.05, 0) is 43.2 Å². The summed E-state index contributed by atoms with van der Waals surface area (Å²) in [5.74, 6) is -1.37. The molecule has 1 fully saturated rings. The Morgan fingerprint density at radius 3 is 2.34 bits per heavy atom. The van der Waals surface area contributed by atoms with Crippen LogP contribution in [-0.2, 0) is 9.59 Å². The van der Waals surface area contributed by atoms with Crippen LogP contribution in [-0.4, -0.2) is 54.0 Å². The van der Waals surface area contributed by atoms with Crippen LogP contribution in [0, 0.1) is 13.8 Å². The van der Waals surface area contributed by atoms with Crippen molar-refractivity contribution in [2.24, 2.45) is 0 Å². The molecule has 3 rings (SSSR count). The molecule has 2 aromatic rings. The molecule has 152 valence electrons. The number of Topliss-reactive ketones (excluding diaryl/α,β-unsaturated/α-hetero) is 1. The first-order valence-corrected chi connectivity index (χ1v) is 9.64. The maximum atomic E-state index is 13.0. The SMILES string of the molecule is Cc1ccc(C)c(C(O)=C2C(=O)C(=O)N(CC[NH+](C)C)[C@@H]2c2ccc(O)cc2)c1. The van der Waals surface area contributed by atoms with Crippen molar-refractivity contribution in [3.05, 3.63) is 70.3 Å². The topological polar surface area (TPSA) is 82.3 Å². The van der Waals surface area contributed by atoms with E-state index >= 15 is 0 Å². The number of aromatic hydroxyl groups is 1. The van der Waals surface area contributed by atoms with Crippen LogP contribution in [0.25, 0.3) is 5.76 Å². The minimum atomic E-state index is -0.699. The van der Waals surface area contributed by atoms with Crippen LogP contribution < -0.4 is 4.90 Å². The van der Waals surface area contributed by atoms with Gasteiger partial charge in [-0.2, -0.15) is 0 Å². The van der Waals surface area contributed by atoms with Crippen LogP contribution in [0.15, 0.2) is 48.0 Å². The summed E-state index contributed by atoms with van der Waals surface area (Å²) >= 11 is 0. The fraction of sp³-hybridized carbons (Fsp3) is 0.304. The highest BCUT2D eigenvalue weighted by molar-refractivity contribution is 6.46. The first-order chi connectivity index (χ1) is 13.7. The smallest absolute Gasteiger partial charge is 0.295 e. The van der Waals surface area contributed by atoms with E-state index in [9.17, 15) is 19.8 Å². The Morgan fingerprint density at radius 2 is 1.72 bits per heavy atom. The maximum Gasteiger partial charge on any atom is 0.295 e. The first kappa shape index (κ1) is 20.6. The number of phenolic OH excluding ortho intramolecular Hbond substituents is 1. The van der Waals surface area contributed by atoms with E-state index in [-0.39, 0.29) is 17.1 Å². The maximum absolute atomic E-state index is 13.0. The van der Waals surface area contributed by atoms with Crippen LogP contribution in [0.3, 0.4) is 0 Å². The van der Waals surface area contributed by atoms with Crippen molar-refractivity contribution < 1.29 is 24.7 Å². The molecule has 1 aliphatic heterocycles. The summed E-state index contributed by atoms with van der Waals surface area (Å²) in [4.78, 5) is 28.5. The second kappa shape index (κ2) is 8.09. The van der Waals surface area contributed by atoms with E-state index in [4.69, 9.17) is 0 Å². The lowest BCUT2D eigenvalue weighted by Crippen LogP contribution is -3.06. The molecule has 0 aliphatic carbocycles. The normalized spacial score (nSPS) is 18.7. The van der Waals surface area contributed by atoms with Crippen LogP contribution >= 0.6 is 0 Å². The Labute approximate surface area is 170 Å². The zero-order valence-electron chi connectivity index (χ0n) is 17.2. The zero-order valence-corrected chi connectivity index (χ0v) is 17.2. The van der Waals surface area contributed by atoms with E-state index in [2.05, 4.69) is 0 Å². The molecule has 2 aromatic carbocycles. The second-order valence-corrected chi connectivity index (χ2v) is 7.86. The number of ketones is 1. The van der Waals surface area contributed by atoms with Gasteiger partial charge in [0.2, 0.25) is 0 Å². The molecule has 0 unspecified atom stereocenters. The first-order valence-electron chi connectivity index (χ1n) is 9.64. The van der Waals surface area contributed by atoms with Crippen LogP contribution in [0.4, 0.5) is 0 Å². The van der Waals surface area contributed by atoms with E-state index < -0.39 is 17.7 Å². The number of hydrogen-bond donors (Lipinski definition) is 3. The van der Waals surface area contributed by atoms with Gasteiger partial charge in [-0.3, -0.25) is 9.59 Å². The van der Waals surface area contributed by atoms with E-state index in [1.807, 2.05) is 46.1 Å². The van der Waals surface area contributed by atoms with Crippen molar-refractivity contribution in [2.45, 2.75) is 19.9 Å². The number of nitrogens with one attached hydrogen (secondary N) is 1. The number of nitrogens with zero attached hydrogens (tertiary/aromatic N) is 1. The Balaban J connectivity index is 2.19. The van der Waals surface area contributed by atoms with Crippen molar-refractivity contribution >= 4 is 17.4 Å². The monoisotopic (exact) mass is 395 g/mol. The van der Waals surface area contributed by atoms with E-state index in [0.717, 1.165) is 16.0 Å². The number of likely N-dealkylation sites (tertiary alicyclic amines) is 1. The van der Waals surface area contributed by atoms with Gasteiger partial charge in [-0.1, -0.05) is 29.8 Å². The van der Waals surface area contributed by atoms with Gasteiger partial charge in [0.05, 0.1) is 38.8 Å². The molecule has 1 aliphatic rings. The van der Waals surface area contributed by atoms with Gasteiger partial charge in [0.1, 0.15) is 11.5 Å². The van der Waals surface area contributed by atoms with Gasteiger partial charge < -0.3 is 20.0 Å². The summed E-state index contributed by atoms with van der Waals surface area (Å²) < 4.78 is 0. The third-order valence-electron chi connectivity index (χ3n) is 5.25. The van der Waals surface area contributed by atoms with Gasteiger partial charge in [-0.15, -0.1) is 0 Å². The number of amides is 1. The fourth-order valence-electron chi connectivity index (χ4n) is 3.59. The average Bonchev–Trinajstić information content (AvgIpc) is 2.93. The third kappa shape index (κ3) is 4.03. The highest BCUT2D eigenvalue weighted by Gasteiger charge is 2.46. The summed E-state index contributed by atoms with van der Waals surface area (Å²) in [6, 6.07) is 11.3. The molecule has 1 atom stereocenters. The number of hydrogen-bond acceptors (Lipinski definition) is 4. The van der Waals surface area contributed by atoms with E-state index in [0.29, 0.717) is 24.2 Å². The zero-order chi connectivity index (χ0) is 21.3. The number of aliphatic hydroxyl groups excluding tert-OH is 1. The predicted octanol–water partition coefficient (Wildman–Crippen LogP) is 1.58. The molecule has 1 heterocycles. The Morgan fingerprint density at radius 1 is 1.07 bits per heavy atom. The quantitative estimate of drug-likeness (QED) is 0.408. The van der Waals surface area contributed by atoms with E-state index in [1.54, 1.807) is 12.1 Å². The van der Waals surface area contributed by atoms with Crippen molar-refractivity contribution in [2.75, 3.05) is 27.2 Å². The van der Waals surface area contributed by atoms with Crippen molar-refractivity contribution in [3.63, 3.8) is 0 Å². The molecule has 0 radical (unpaired) electrons. The molecule has 0 saturated carbocycles. The van der Waals surface area contributed by atoms with Gasteiger partial charge in [-0.25, -0.2) is 0 Å². The molecule has 6 nitrogen and oxygen atoms in total. The van der Waals surface area contributed by atoms with Gasteiger partial charge >= 0.3 is 0 Å². The molecular formula is C23H27N2O4+. The molecular weight excluding hydrogens is 368 g/mol. The number of phenols is 1. The second-order valence-electron chi connectivity index (χ2n) is 7.86. The predicted molar refractivity (Wildman–Crippen MR) is 111 cm³/mol. The summed E-state index contributed by atoms with van der Waals surface area (Å²) in [6.07, 6.45) is 0. The summed E-state index contributed by atoms with van der Waals surface area (Å²) in [5, 5.41) is 20.8. The third-order valence-corrected chi connectivity index (χ3v) is 5.25. The minimum Gasteiger partial charge on any atom is -0.508 e. The highest BCUT2D eigenvalue weighted by atomic mass is 16.3. The van der Waals surface area contributed by atoms with Crippen molar-refractivity contribution in [1.82, 2.24) is 4.90 Å². The largest absolute Gasteiger partial charge is 0.508 e. The molecule has 3 N–H and O–H groups in total. The lowest BCUT2D eigenvalue weighted by Gasteiger charge is -2.25. The number of benzene rings is 2. The van der Waals surface area contributed by atoms with Crippen molar-refractivity contribution in [1.29, 1.82) is 0 Å². The number of carbonyl (C=O) groups excluding carboxylic acids is 2. The Bertz CT molecular complexity index is 977. The van der Waals surface area contributed by atoms with Gasteiger partial charge in [0.15, 0.2) is 0 Å². The number of likely N-dealkylation sites (N-methyl/N-ethyl adjacent to an activating group) is 1. The van der Waals surface area contributed by atoms with Crippen molar-refractivity contribution in [3.8, 4) is 5.75 Å². The minimum absolute atomic E-state index is 0.0862. The lowest BCUT2D eigenvalue weighted by molar-refractivity contribution is -0.857. The fourth-order valence-corrected chi connectivity index (χ4v) is 3.59. The Kier molecular flexibility index (Phi) is 5.75. The molecule has 0 bridgehead atoms. The number of carbonyl (C=O) groups is 2. The number of aryl methyl sites for hydroxylation is 2. The summed E-state index contributed by atoms with van der Waals surface area (Å²) in [7, 11) is 3.95. The van der Waals surface area contributed by atoms with Gasteiger partial charge in [0.25, 0.3) is 11.7 Å². The molecule has 0 spiro atoms. The molecule has 0 aromatic heterocycles. The van der Waals surface area contributed by atoms with Gasteiger partial charge in [0, 0.05) is 5.56 Å². The Hall–Kier alpha value is -3.12. The summed E-state index contributed by atoms with van der Waals surface area (Å²) in [5.41, 5.74) is 3.07. The number of rotatable bonds is 5. The highest BCUT2D eigenvalue weighted by Crippen LogP contribution is 2.40. The average molecular weight is 395 g/mol. The molecule has 1 amide bonds. The number of aliphatic hydroxyl groups is 1. The van der Waals surface area contributed by atoms with Crippen LogP contribution in [0.2, 0.25) is 0 Å². The van der Waals surface area contributed by atoms with E-state index in [1.165, 1.54) is 17.0 Å². The van der Waals surface area contributed by atoms with Crippen LogP contribution in [0.1, 0.15) is 28.3 Å². The lowest BCUT2D eigenvalue weighted by atomic mass is 9.93. The molecule has 29 heavy (non-hydrogen) atoms. The number of quaternary nitrogens is 1. The standard InChI is InChI=1S/C23H26N2O4/c1-14-5-6-15(2)18(13-14)21(27)19-20(16-7-9-17(26)10-8-16)25(12-11-24(3)4)23(29)22(19)28/h5-10,13,20,26-27H,11-12H2,1-4H3/p+1/t20-/m1/s1.